The summed E-state index contributed by atoms with van der Waals surface area (Å²) in [6.45, 7) is 2.34. The van der Waals surface area contributed by atoms with Crippen LogP contribution in [-0.2, 0) is 18.3 Å². The maximum absolute atomic E-state index is 12.5. The van der Waals surface area contributed by atoms with Crippen LogP contribution in [0.2, 0.25) is 0 Å². The van der Waals surface area contributed by atoms with Crippen molar-refractivity contribution in [2.24, 2.45) is 5.41 Å². The zero-order chi connectivity index (χ0) is 9.24. The molecule has 0 aromatic heterocycles. The topological polar surface area (TPSA) is 44.8 Å². The maximum atomic E-state index is 12.5. The van der Waals surface area contributed by atoms with E-state index in [-0.39, 0.29) is 13.2 Å². The average molecular weight is 198 g/mol. The first-order valence-corrected chi connectivity index (χ1v) is 4.99. The zero-order valence-corrected chi connectivity index (χ0v) is 7.97. The number of ether oxygens (including phenoxy) is 1. The van der Waals surface area contributed by atoms with E-state index in [0.29, 0.717) is 6.61 Å². The number of halogens is 1. The summed E-state index contributed by atoms with van der Waals surface area (Å²) >= 11 is 0. The first kappa shape index (κ1) is 10.1. The summed E-state index contributed by atoms with van der Waals surface area (Å²) in [5, 5.41) is 0. The monoisotopic (exact) mass is 198 g/mol. The fraction of sp³-hybridized carbons (Fsp3) is 1.00. The van der Waals surface area contributed by atoms with Crippen molar-refractivity contribution in [3.63, 3.8) is 0 Å². The van der Waals surface area contributed by atoms with Gasteiger partial charge in [0.05, 0.1) is 19.8 Å². The van der Waals surface area contributed by atoms with Gasteiger partial charge < -0.3 is 4.74 Å². The van der Waals surface area contributed by atoms with Gasteiger partial charge in [-0.2, -0.15) is 0 Å². The molecule has 0 spiro atoms. The van der Waals surface area contributed by atoms with Crippen LogP contribution < -0.4 is 0 Å². The van der Waals surface area contributed by atoms with Crippen molar-refractivity contribution >= 4 is 7.91 Å². The highest BCUT2D eigenvalue weighted by atomic mass is 31.2. The smallest absolute Gasteiger partial charge is 0.384 e. The Morgan fingerprint density at radius 1 is 1.58 bits per heavy atom. The molecule has 0 atom stereocenters. The van der Waals surface area contributed by atoms with Gasteiger partial charge in [-0.05, 0) is 0 Å². The summed E-state index contributed by atoms with van der Waals surface area (Å²) in [6.07, 6.45) is 0. The van der Waals surface area contributed by atoms with Crippen LogP contribution in [0.5, 0.6) is 0 Å². The van der Waals surface area contributed by atoms with Crippen LogP contribution >= 0.6 is 7.91 Å². The van der Waals surface area contributed by atoms with Gasteiger partial charge in [-0.25, -0.2) is 4.57 Å². The molecule has 0 aromatic carbocycles. The average Bonchev–Trinajstić information content (AvgIpc) is 1.98. The third-order valence-corrected chi connectivity index (χ3v) is 2.50. The van der Waals surface area contributed by atoms with Crippen molar-refractivity contribution in [1.29, 1.82) is 0 Å². The molecule has 0 unspecified atom stereocenters. The molecule has 0 radical (unpaired) electrons. The Kier molecular flexibility index (Phi) is 2.88. The Balaban J connectivity index is 2.49. The minimum Gasteiger partial charge on any atom is -0.384 e. The van der Waals surface area contributed by atoms with E-state index in [4.69, 9.17) is 4.74 Å². The van der Waals surface area contributed by atoms with Crippen LogP contribution in [0, 0.1) is 5.41 Å². The molecule has 6 heteroatoms. The standard InChI is InChI=1S/C6H12FO4P/c1-6(3-9-2)4-10-12(7,8)11-5-6/h3-5H2,1-2H3. The Morgan fingerprint density at radius 2 is 2.08 bits per heavy atom. The Labute approximate surface area is 70.6 Å². The van der Waals surface area contributed by atoms with Crippen molar-refractivity contribution < 1.29 is 22.5 Å². The maximum Gasteiger partial charge on any atom is 0.513 e. The fourth-order valence-electron chi connectivity index (χ4n) is 0.977. The molecule has 12 heavy (non-hydrogen) atoms. The molecule has 0 saturated carbocycles. The van der Waals surface area contributed by atoms with Crippen LogP contribution in [0.15, 0.2) is 0 Å². The number of methoxy groups -OCH3 is 1. The van der Waals surface area contributed by atoms with E-state index in [2.05, 4.69) is 9.05 Å². The van der Waals surface area contributed by atoms with E-state index >= 15 is 0 Å². The molecule has 1 fully saturated rings. The van der Waals surface area contributed by atoms with Gasteiger partial charge in [-0.1, -0.05) is 6.92 Å². The van der Waals surface area contributed by atoms with Crippen LogP contribution in [0.3, 0.4) is 0 Å². The highest BCUT2D eigenvalue weighted by Gasteiger charge is 2.39. The molecule has 0 amide bonds. The molecule has 4 nitrogen and oxygen atoms in total. The zero-order valence-electron chi connectivity index (χ0n) is 7.08. The van der Waals surface area contributed by atoms with E-state index in [1.165, 1.54) is 7.11 Å². The molecular formula is C6H12FO4P. The third kappa shape index (κ3) is 2.52. The Hall–Kier alpha value is 0.0400. The second-order valence-corrected chi connectivity index (χ2v) is 4.60. The number of hydrogen-bond acceptors (Lipinski definition) is 4. The summed E-state index contributed by atoms with van der Waals surface area (Å²) in [7, 11) is -2.71. The summed E-state index contributed by atoms with van der Waals surface area (Å²) in [4.78, 5) is 0. The van der Waals surface area contributed by atoms with Gasteiger partial charge in [0.15, 0.2) is 0 Å². The lowest BCUT2D eigenvalue weighted by molar-refractivity contribution is -0.0303. The van der Waals surface area contributed by atoms with Crippen LogP contribution in [0.4, 0.5) is 4.20 Å². The second-order valence-electron chi connectivity index (χ2n) is 3.22. The Bertz CT molecular complexity index is 196. The molecule has 1 rings (SSSR count). The minimum absolute atomic E-state index is 0.0641. The largest absolute Gasteiger partial charge is 0.513 e. The summed E-state index contributed by atoms with van der Waals surface area (Å²) in [5.74, 6) is 0. The van der Waals surface area contributed by atoms with Crippen LogP contribution in [-0.4, -0.2) is 26.9 Å². The molecule has 72 valence electrons. The van der Waals surface area contributed by atoms with Crippen molar-refractivity contribution in [3.8, 4) is 0 Å². The van der Waals surface area contributed by atoms with Crippen molar-refractivity contribution in [2.45, 2.75) is 6.92 Å². The van der Waals surface area contributed by atoms with E-state index in [1.54, 1.807) is 0 Å². The first-order chi connectivity index (χ1) is 5.47. The second kappa shape index (κ2) is 3.42. The summed E-state index contributed by atoms with van der Waals surface area (Å²) in [6, 6.07) is 0. The van der Waals surface area contributed by atoms with Crippen molar-refractivity contribution in [3.05, 3.63) is 0 Å². The fourth-order valence-corrected chi connectivity index (χ4v) is 1.98. The quantitative estimate of drug-likeness (QED) is 0.634. The molecule has 0 bridgehead atoms. The van der Waals surface area contributed by atoms with Gasteiger partial charge in [0.2, 0.25) is 0 Å². The Morgan fingerprint density at radius 3 is 2.50 bits per heavy atom. The first-order valence-electron chi connectivity index (χ1n) is 3.55. The van der Waals surface area contributed by atoms with Gasteiger partial charge >= 0.3 is 7.91 Å². The molecule has 1 heterocycles. The molecular weight excluding hydrogens is 186 g/mol. The van der Waals surface area contributed by atoms with Crippen molar-refractivity contribution in [1.82, 2.24) is 0 Å². The molecule has 0 aliphatic carbocycles. The molecule has 0 aromatic rings. The molecule has 1 saturated heterocycles. The predicted octanol–water partition coefficient (Wildman–Crippen LogP) is 1.76. The highest BCUT2D eigenvalue weighted by Crippen LogP contribution is 2.54. The summed E-state index contributed by atoms with van der Waals surface area (Å²) in [5.41, 5.74) is -0.394. The van der Waals surface area contributed by atoms with E-state index < -0.39 is 13.3 Å². The molecule has 1 aliphatic heterocycles. The molecule has 1 aliphatic rings. The molecule has 0 N–H and O–H groups in total. The van der Waals surface area contributed by atoms with E-state index in [1.807, 2.05) is 6.92 Å². The third-order valence-electron chi connectivity index (χ3n) is 1.63. The van der Waals surface area contributed by atoms with Gasteiger partial charge in [-0.3, -0.25) is 9.05 Å². The number of hydrogen-bond donors (Lipinski definition) is 0. The van der Waals surface area contributed by atoms with E-state index in [0.717, 1.165) is 0 Å². The van der Waals surface area contributed by atoms with Gasteiger partial charge in [-0.15, -0.1) is 4.20 Å². The van der Waals surface area contributed by atoms with Crippen LogP contribution in [0.25, 0.3) is 0 Å². The van der Waals surface area contributed by atoms with Gasteiger partial charge in [0.25, 0.3) is 0 Å². The highest BCUT2D eigenvalue weighted by molar-refractivity contribution is 7.48. The SMILES string of the molecule is COCC1(C)COP(=O)(F)OC1. The van der Waals surface area contributed by atoms with Crippen LogP contribution in [0.1, 0.15) is 6.92 Å². The van der Waals surface area contributed by atoms with E-state index in [9.17, 15) is 8.76 Å². The predicted molar refractivity (Wildman–Crippen MR) is 40.6 cm³/mol. The lowest BCUT2D eigenvalue weighted by atomic mass is 9.95. The minimum atomic E-state index is -4.25. The summed E-state index contributed by atoms with van der Waals surface area (Å²) < 4.78 is 36.8. The van der Waals surface area contributed by atoms with Gasteiger partial charge in [0.1, 0.15) is 0 Å². The van der Waals surface area contributed by atoms with Gasteiger partial charge in [0, 0.05) is 12.5 Å². The van der Waals surface area contributed by atoms with Crippen molar-refractivity contribution in [2.75, 3.05) is 26.9 Å². The number of rotatable bonds is 2. The lowest BCUT2D eigenvalue weighted by Gasteiger charge is -2.32. The lowest BCUT2D eigenvalue weighted by Crippen LogP contribution is -2.36. The normalized spacial score (nSPS) is 42.9.